The average molecular weight is 298 g/mol. The standard InChI is InChI=1S/C13H9F3N2O3/c14-13(15,16)12-17-8(6-11(19)18-12)7-1-2-9-10(5-7)21-4-3-20-9/h1-2,5-6H,3-4H2,(H,17,18,19). The first-order valence-corrected chi connectivity index (χ1v) is 6.02. The van der Waals surface area contributed by atoms with Crippen molar-refractivity contribution in [3.63, 3.8) is 0 Å². The highest BCUT2D eigenvalue weighted by Crippen LogP contribution is 2.34. The second kappa shape index (κ2) is 4.80. The Morgan fingerprint density at radius 2 is 1.81 bits per heavy atom. The van der Waals surface area contributed by atoms with E-state index < -0.39 is 17.6 Å². The number of nitrogens with zero attached hydrogens (tertiary/aromatic N) is 1. The van der Waals surface area contributed by atoms with Crippen LogP contribution in [0, 0.1) is 0 Å². The molecule has 0 atom stereocenters. The highest BCUT2D eigenvalue weighted by molar-refractivity contribution is 5.64. The molecule has 110 valence electrons. The first-order chi connectivity index (χ1) is 9.93. The molecule has 0 unspecified atom stereocenters. The maximum Gasteiger partial charge on any atom is 0.449 e. The molecule has 1 aromatic carbocycles. The molecule has 0 saturated carbocycles. The van der Waals surface area contributed by atoms with Crippen LogP contribution < -0.4 is 15.0 Å². The molecule has 21 heavy (non-hydrogen) atoms. The van der Waals surface area contributed by atoms with Crippen LogP contribution in [-0.2, 0) is 6.18 Å². The zero-order valence-corrected chi connectivity index (χ0v) is 10.5. The molecule has 0 spiro atoms. The molecule has 0 radical (unpaired) electrons. The number of hydrogen-bond acceptors (Lipinski definition) is 4. The van der Waals surface area contributed by atoms with Crippen molar-refractivity contribution < 1.29 is 22.6 Å². The lowest BCUT2D eigenvalue weighted by atomic mass is 10.1. The normalized spacial score (nSPS) is 14.0. The van der Waals surface area contributed by atoms with Crippen LogP contribution in [0.2, 0.25) is 0 Å². The number of aromatic amines is 1. The van der Waals surface area contributed by atoms with Crippen molar-refractivity contribution in [1.82, 2.24) is 9.97 Å². The van der Waals surface area contributed by atoms with Crippen LogP contribution >= 0.6 is 0 Å². The molecule has 1 N–H and O–H groups in total. The summed E-state index contributed by atoms with van der Waals surface area (Å²) in [5.41, 5.74) is -0.610. The maximum absolute atomic E-state index is 12.7. The predicted octanol–water partition coefficient (Wildman–Crippen LogP) is 2.23. The van der Waals surface area contributed by atoms with Crippen LogP contribution in [0.25, 0.3) is 11.3 Å². The monoisotopic (exact) mass is 298 g/mol. The molecule has 2 heterocycles. The summed E-state index contributed by atoms with van der Waals surface area (Å²) < 4.78 is 48.7. The van der Waals surface area contributed by atoms with E-state index in [0.29, 0.717) is 30.3 Å². The fraction of sp³-hybridized carbons (Fsp3) is 0.231. The number of hydrogen-bond donors (Lipinski definition) is 1. The van der Waals surface area contributed by atoms with Gasteiger partial charge in [0.25, 0.3) is 5.56 Å². The quantitative estimate of drug-likeness (QED) is 0.877. The van der Waals surface area contributed by atoms with E-state index in [-0.39, 0.29) is 5.69 Å². The number of nitrogens with one attached hydrogen (secondary N) is 1. The Balaban J connectivity index is 2.08. The van der Waals surface area contributed by atoms with Crippen molar-refractivity contribution >= 4 is 0 Å². The first kappa shape index (κ1) is 13.5. The van der Waals surface area contributed by atoms with E-state index in [0.717, 1.165) is 6.07 Å². The van der Waals surface area contributed by atoms with Crippen molar-refractivity contribution in [3.8, 4) is 22.8 Å². The number of aromatic nitrogens is 2. The predicted molar refractivity (Wildman–Crippen MR) is 66.3 cm³/mol. The van der Waals surface area contributed by atoms with Gasteiger partial charge in [-0.05, 0) is 18.2 Å². The highest BCUT2D eigenvalue weighted by atomic mass is 19.4. The summed E-state index contributed by atoms with van der Waals surface area (Å²) in [6, 6.07) is 5.59. The lowest BCUT2D eigenvalue weighted by molar-refractivity contribution is -0.145. The van der Waals surface area contributed by atoms with Gasteiger partial charge in [-0.15, -0.1) is 0 Å². The third kappa shape index (κ3) is 2.69. The molecule has 1 aliphatic rings. The van der Waals surface area contributed by atoms with E-state index in [1.54, 1.807) is 11.1 Å². The number of rotatable bonds is 1. The molecule has 0 fully saturated rings. The second-order valence-corrected chi connectivity index (χ2v) is 4.34. The third-order valence-electron chi connectivity index (χ3n) is 2.85. The lowest BCUT2D eigenvalue weighted by Gasteiger charge is -2.18. The molecular weight excluding hydrogens is 289 g/mol. The van der Waals surface area contributed by atoms with Gasteiger partial charge in [0, 0.05) is 11.6 Å². The fourth-order valence-corrected chi connectivity index (χ4v) is 1.94. The summed E-state index contributed by atoms with van der Waals surface area (Å²) in [5.74, 6) is -0.417. The Hall–Kier alpha value is -2.51. The van der Waals surface area contributed by atoms with Gasteiger partial charge in [-0.3, -0.25) is 4.79 Å². The summed E-state index contributed by atoms with van der Waals surface area (Å²) in [6.45, 7) is 0.765. The van der Waals surface area contributed by atoms with Gasteiger partial charge in [-0.1, -0.05) is 0 Å². The number of benzene rings is 1. The summed E-state index contributed by atoms with van der Waals surface area (Å²) >= 11 is 0. The van der Waals surface area contributed by atoms with Gasteiger partial charge in [-0.2, -0.15) is 13.2 Å². The summed E-state index contributed by atoms with van der Waals surface area (Å²) in [5, 5.41) is 0. The molecule has 2 aromatic rings. The van der Waals surface area contributed by atoms with E-state index >= 15 is 0 Å². The van der Waals surface area contributed by atoms with Gasteiger partial charge in [0.2, 0.25) is 5.82 Å². The Kier molecular flexibility index (Phi) is 3.08. The molecule has 0 aliphatic carbocycles. The average Bonchev–Trinajstić information content (AvgIpc) is 2.45. The zero-order valence-electron chi connectivity index (χ0n) is 10.5. The summed E-state index contributed by atoms with van der Waals surface area (Å²) in [4.78, 5) is 16.5. The van der Waals surface area contributed by atoms with E-state index in [2.05, 4.69) is 4.98 Å². The van der Waals surface area contributed by atoms with Gasteiger partial charge in [0.1, 0.15) is 13.2 Å². The van der Waals surface area contributed by atoms with Gasteiger partial charge in [-0.25, -0.2) is 4.98 Å². The van der Waals surface area contributed by atoms with E-state index in [4.69, 9.17) is 9.47 Å². The topological polar surface area (TPSA) is 64.2 Å². The molecule has 5 nitrogen and oxygen atoms in total. The van der Waals surface area contributed by atoms with E-state index in [9.17, 15) is 18.0 Å². The second-order valence-electron chi connectivity index (χ2n) is 4.34. The molecule has 0 saturated heterocycles. The Labute approximate surface area is 116 Å². The minimum absolute atomic E-state index is 0.0805. The molecule has 1 aliphatic heterocycles. The molecular formula is C13H9F3N2O3. The van der Waals surface area contributed by atoms with E-state index in [1.807, 2.05) is 0 Å². The highest BCUT2D eigenvalue weighted by Gasteiger charge is 2.34. The van der Waals surface area contributed by atoms with Crippen LogP contribution in [0.4, 0.5) is 13.2 Å². The van der Waals surface area contributed by atoms with Crippen molar-refractivity contribution in [2.24, 2.45) is 0 Å². The first-order valence-electron chi connectivity index (χ1n) is 6.02. The molecule has 0 bridgehead atoms. The van der Waals surface area contributed by atoms with Crippen LogP contribution in [0.15, 0.2) is 29.1 Å². The molecule has 0 amide bonds. The fourth-order valence-electron chi connectivity index (χ4n) is 1.94. The summed E-state index contributed by atoms with van der Waals surface area (Å²) in [7, 11) is 0. The lowest BCUT2D eigenvalue weighted by Crippen LogP contribution is -2.19. The Bertz CT molecular complexity index is 740. The van der Waals surface area contributed by atoms with Crippen LogP contribution in [-0.4, -0.2) is 23.2 Å². The smallest absolute Gasteiger partial charge is 0.449 e. The minimum Gasteiger partial charge on any atom is -0.486 e. The molecule has 8 heteroatoms. The molecule has 3 rings (SSSR count). The van der Waals surface area contributed by atoms with Crippen molar-refractivity contribution in [2.45, 2.75) is 6.18 Å². The van der Waals surface area contributed by atoms with Crippen LogP contribution in [0.1, 0.15) is 5.82 Å². The van der Waals surface area contributed by atoms with E-state index in [1.165, 1.54) is 12.1 Å². The minimum atomic E-state index is -4.72. The number of ether oxygens (including phenoxy) is 2. The number of alkyl halides is 3. The SMILES string of the molecule is O=c1cc(-c2ccc3c(c2)OCCO3)nc(C(F)(F)F)[nH]1. The zero-order chi connectivity index (χ0) is 15.0. The van der Waals surface area contributed by atoms with Crippen LogP contribution in [0.5, 0.6) is 11.5 Å². The third-order valence-corrected chi connectivity index (χ3v) is 2.85. The van der Waals surface area contributed by atoms with Gasteiger partial charge in [0.15, 0.2) is 11.5 Å². The molecule has 1 aromatic heterocycles. The Morgan fingerprint density at radius 1 is 1.10 bits per heavy atom. The van der Waals surface area contributed by atoms with Gasteiger partial charge < -0.3 is 14.5 Å². The van der Waals surface area contributed by atoms with Crippen LogP contribution in [0.3, 0.4) is 0 Å². The number of fused-ring (bicyclic) bond motifs is 1. The van der Waals surface area contributed by atoms with Crippen molar-refractivity contribution in [1.29, 1.82) is 0 Å². The van der Waals surface area contributed by atoms with Crippen molar-refractivity contribution in [3.05, 3.63) is 40.4 Å². The maximum atomic E-state index is 12.7. The number of halogens is 3. The largest absolute Gasteiger partial charge is 0.486 e. The summed E-state index contributed by atoms with van der Waals surface area (Å²) in [6.07, 6.45) is -4.72. The van der Waals surface area contributed by atoms with Gasteiger partial charge >= 0.3 is 6.18 Å². The Morgan fingerprint density at radius 3 is 2.52 bits per heavy atom. The number of H-pyrrole nitrogens is 1. The van der Waals surface area contributed by atoms with Gasteiger partial charge in [0.05, 0.1) is 5.69 Å². The van der Waals surface area contributed by atoms with Crippen molar-refractivity contribution in [2.75, 3.05) is 13.2 Å².